The third-order valence-corrected chi connectivity index (χ3v) is 3.73. The van der Waals surface area contributed by atoms with Crippen molar-refractivity contribution in [1.29, 1.82) is 0 Å². The molecule has 1 aliphatic carbocycles. The lowest BCUT2D eigenvalue weighted by Gasteiger charge is -2.36. The molecule has 1 aromatic rings. The Hall–Kier alpha value is -2.47. The van der Waals surface area contributed by atoms with E-state index >= 15 is 0 Å². The van der Waals surface area contributed by atoms with Gasteiger partial charge in [-0.25, -0.2) is 0 Å². The van der Waals surface area contributed by atoms with Crippen LogP contribution in [0.1, 0.15) is 12.5 Å². The van der Waals surface area contributed by atoms with Gasteiger partial charge in [0.2, 0.25) is 0 Å². The van der Waals surface area contributed by atoms with Gasteiger partial charge in [-0.2, -0.15) is 0 Å². The van der Waals surface area contributed by atoms with Crippen LogP contribution in [0.3, 0.4) is 0 Å². The smallest absolute Gasteiger partial charge is 0.316 e. The zero-order chi connectivity index (χ0) is 15.8. The monoisotopic (exact) mass is 292 g/mol. The Morgan fingerprint density at radius 3 is 2.43 bits per heavy atom. The maximum atomic E-state index is 11.7. The number of benzene rings is 1. The van der Waals surface area contributed by atoms with Crippen LogP contribution < -0.4 is 0 Å². The number of carbonyl (C=O) groups is 1. The van der Waals surface area contributed by atoms with E-state index in [-0.39, 0.29) is 22.8 Å². The molecule has 0 saturated heterocycles. The number of allylic oxidation sites excluding steroid dienone is 1. The predicted molar refractivity (Wildman–Crippen MR) is 75.0 cm³/mol. The summed E-state index contributed by atoms with van der Waals surface area (Å²) in [7, 11) is 1.35. The van der Waals surface area contributed by atoms with Crippen molar-refractivity contribution >= 4 is 11.5 Å². The molecule has 2 unspecified atom stereocenters. The van der Waals surface area contributed by atoms with Crippen molar-refractivity contribution in [2.45, 2.75) is 13.0 Å². The highest BCUT2D eigenvalue weighted by Gasteiger charge is 2.47. The molecule has 0 amide bonds. The Balaban J connectivity index is 2.64. The van der Waals surface area contributed by atoms with Gasteiger partial charge in [0, 0.05) is 7.11 Å². The van der Waals surface area contributed by atoms with Gasteiger partial charge in [0.05, 0.1) is 6.10 Å². The molecule has 112 valence electrons. The molecule has 0 heterocycles. The van der Waals surface area contributed by atoms with Gasteiger partial charge in [-0.15, -0.1) is 0 Å². The molecule has 21 heavy (non-hydrogen) atoms. The number of methoxy groups -OCH3 is 1. The van der Waals surface area contributed by atoms with Crippen molar-refractivity contribution < 1.29 is 30.0 Å². The summed E-state index contributed by atoms with van der Waals surface area (Å²) in [6, 6.07) is 3.96. The molecule has 4 N–H and O–H groups in total. The molecule has 1 aromatic carbocycles. The van der Waals surface area contributed by atoms with Crippen molar-refractivity contribution in [2.75, 3.05) is 7.11 Å². The average Bonchev–Trinajstić information content (AvgIpc) is 2.43. The maximum absolute atomic E-state index is 11.7. The molecule has 0 aliphatic heterocycles. The average molecular weight is 292 g/mol. The first kappa shape index (κ1) is 14.9. The molecule has 0 fully saturated rings. The van der Waals surface area contributed by atoms with Crippen molar-refractivity contribution in [1.82, 2.24) is 0 Å². The molecular weight excluding hydrogens is 276 g/mol. The van der Waals surface area contributed by atoms with Crippen LogP contribution in [0.4, 0.5) is 0 Å². The highest BCUT2D eigenvalue weighted by molar-refractivity contribution is 5.94. The summed E-state index contributed by atoms with van der Waals surface area (Å²) in [6.45, 7) is 1.47. The number of carboxylic acids is 1. The zero-order valence-corrected chi connectivity index (χ0v) is 11.6. The van der Waals surface area contributed by atoms with Gasteiger partial charge in [-0.05, 0) is 42.3 Å². The van der Waals surface area contributed by atoms with Gasteiger partial charge in [-0.3, -0.25) is 4.79 Å². The largest absolute Gasteiger partial charge is 0.508 e. The van der Waals surface area contributed by atoms with Crippen LogP contribution in [0.25, 0.3) is 5.57 Å². The number of rotatable bonds is 3. The Bertz CT molecular complexity index is 646. The Morgan fingerprint density at radius 1 is 1.24 bits per heavy atom. The van der Waals surface area contributed by atoms with E-state index in [1.807, 2.05) is 0 Å². The molecule has 0 spiro atoms. The summed E-state index contributed by atoms with van der Waals surface area (Å²) >= 11 is 0. The van der Waals surface area contributed by atoms with Crippen molar-refractivity contribution in [3.63, 3.8) is 0 Å². The van der Waals surface area contributed by atoms with Crippen molar-refractivity contribution in [3.05, 3.63) is 41.7 Å². The topological polar surface area (TPSA) is 107 Å². The fourth-order valence-corrected chi connectivity index (χ4v) is 2.44. The lowest BCUT2D eigenvalue weighted by Crippen LogP contribution is -2.42. The second-order valence-corrected chi connectivity index (χ2v) is 5.02. The summed E-state index contributed by atoms with van der Waals surface area (Å²) in [5, 5.41) is 38.3. The van der Waals surface area contributed by atoms with Crippen molar-refractivity contribution in [2.24, 2.45) is 5.41 Å². The first-order valence-corrected chi connectivity index (χ1v) is 6.22. The molecule has 0 saturated carbocycles. The van der Waals surface area contributed by atoms with Crippen LogP contribution in [0.15, 0.2) is 36.1 Å². The van der Waals surface area contributed by atoms with Crippen LogP contribution in [-0.4, -0.2) is 39.6 Å². The minimum atomic E-state index is -1.44. The molecule has 2 atom stereocenters. The number of phenolic OH excluding ortho intramolecular Hbond substituents is 2. The van der Waals surface area contributed by atoms with E-state index in [1.165, 1.54) is 44.4 Å². The first-order chi connectivity index (χ1) is 9.80. The summed E-state index contributed by atoms with van der Waals surface area (Å²) in [5.41, 5.74) is -0.793. The minimum absolute atomic E-state index is 0.122. The highest BCUT2D eigenvalue weighted by Crippen LogP contribution is 2.45. The van der Waals surface area contributed by atoms with E-state index in [0.717, 1.165) is 0 Å². The van der Waals surface area contributed by atoms with E-state index in [9.17, 15) is 25.2 Å². The fourth-order valence-electron chi connectivity index (χ4n) is 2.44. The van der Waals surface area contributed by atoms with Gasteiger partial charge in [0.1, 0.15) is 11.2 Å². The summed E-state index contributed by atoms with van der Waals surface area (Å²) in [5.74, 6) is -1.93. The molecule has 0 aromatic heterocycles. The fraction of sp³-hybridized carbons (Fsp3) is 0.267. The third kappa shape index (κ3) is 2.34. The number of hydrogen-bond donors (Lipinski definition) is 4. The number of aliphatic hydroxyl groups is 1. The quantitative estimate of drug-likeness (QED) is 0.635. The minimum Gasteiger partial charge on any atom is -0.508 e. The van der Waals surface area contributed by atoms with E-state index in [2.05, 4.69) is 0 Å². The summed E-state index contributed by atoms with van der Waals surface area (Å²) in [6.07, 6.45) is 1.76. The number of phenols is 2. The second-order valence-electron chi connectivity index (χ2n) is 5.02. The molecule has 0 radical (unpaired) electrons. The normalized spacial score (nSPS) is 25.1. The first-order valence-electron chi connectivity index (χ1n) is 6.22. The summed E-state index contributed by atoms with van der Waals surface area (Å²) in [4.78, 5) is 11.7. The predicted octanol–water partition coefficient (Wildman–Crippen LogP) is 2.04. The number of hydrogen-bond acceptors (Lipinski definition) is 5. The molecule has 2 rings (SSSR count). The Labute approximate surface area is 121 Å². The molecule has 0 bridgehead atoms. The van der Waals surface area contributed by atoms with Crippen LogP contribution >= 0.6 is 0 Å². The maximum Gasteiger partial charge on any atom is 0.316 e. The highest BCUT2D eigenvalue weighted by atomic mass is 16.5. The van der Waals surface area contributed by atoms with Gasteiger partial charge < -0.3 is 25.2 Å². The SMILES string of the molecule is COC1C=C(O)C=C(c2ccc(O)c(O)c2)C1(C)C(=O)O. The number of aliphatic hydroxyl groups excluding tert-OH is 1. The Kier molecular flexibility index (Phi) is 3.65. The lowest BCUT2D eigenvalue weighted by atomic mass is 9.71. The van der Waals surface area contributed by atoms with Gasteiger partial charge in [0.25, 0.3) is 0 Å². The van der Waals surface area contributed by atoms with E-state index < -0.39 is 17.5 Å². The van der Waals surface area contributed by atoms with Gasteiger partial charge in [0.15, 0.2) is 11.5 Å². The van der Waals surface area contributed by atoms with E-state index in [1.54, 1.807) is 0 Å². The molecular formula is C15H16O6. The summed E-state index contributed by atoms with van der Waals surface area (Å²) < 4.78 is 5.17. The number of carboxylic acid groups (broad SMARTS) is 1. The van der Waals surface area contributed by atoms with Gasteiger partial charge in [-0.1, -0.05) is 6.07 Å². The standard InChI is InChI=1S/C15H16O6/c1-15(14(19)20)10(6-9(16)7-13(15)21-2)8-3-4-11(17)12(18)5-8/h3-7,13,16-18H,1-2H3,(H,19,20). The van der Waals surface area contributed by atoms with Crippen LogP contribution in [0, 0.1) is 5.41 Å². The van der Waals surface area contributed by atoms with Gasteiger partial charge >= 0.3 is 5.97 Å². The van der Waals surface area contributed by atoms with Crippen LogP contribution in [-0.2, 0) is 9.53 Å². The lowest BCUT2D eigenvalue weighted by molar-refractivity contribution is -0.149. The van der Waals surface area contributed by atoms with Crippen LogP contribution in [0.2, 0.25) is 0 Å². The molecule has 1 aliphatic rings. The number of ether oxygens (including phenoxy) is 1. The number of aromatic hydroxyl groups is 2. The molecule has 6 nitrogen and oxygen atoms in total. The number of aliphatic carboxylic acids is 1. The Morgan fingerprint density at radius 2 is 1.90 bits per heavy atom. The van der Waals surface area contributed by atoms with E-state index in [4.69, 9.17) is 4.74 Å². The third-order valence-electron chi connectivity index (χ3n) is 3.73. The second kappa shape index (κ2) is 5.14. The zero-order valence-electron chi connectivity index (χ0n) is 11.6. The van der Waals surface area contributed by atoms with Crippen LogP contribution in [0.5, 0.6) is 11.5 Å². The molecule has 6 heteroatoms. The van der Waals surface area contributed by atoms with Crippen molar-refractivity contribution in [3.8, 4) is 11.5 Å². The van der Waals surface area contributed by atoms with E-state index in [0.29, 0.717) is 5.56 Å².